The summed E-state index contributed by atoms with van der Waals surface area (Å²) in [6.07, 6.45) is 0. The normalized spacial score (nSPS) is 13.0. The lowest BCUT2D eigenvalue weighted by Crippen LogP contribution is -2.01. The van der Waals surface area contributed by atoms with Crippen LogP contribution in [0.15, 0.2) is 35.2 Å². The minimum atomic E-state index is -1.33. The van der Waals surface area contributed by atoms with Gasteiger partial charge < -0.3 is 0 Å². The zero-order chi connectivity index (χ0) is 6.69. The summed E-state index contributed by atoms with van der Waals surface area (Å²) in [6, 6.07) is 8.93. The zero-order valence-electron chi connectivity index (χ0n) is 4.78. The lowest BCUT2D eigenvalue weighted by molar-refractivity contribution is 0.684. The summed E-state index contributed by atoms with van der Waals surface area (Å²) >= 11 is 0. The van der Waals surface area contributed by atoms with Gasteiger partial charge >= 0.3 is 0 Å². The van der Waals surface area contributed by atoms with Gasteiger partial charge in [-0.05, 0) is 12.1 Å². The van der Waals surface area contributed by atoms with Crippen molar-refractivity contribution in [2.75, 3.05) is 0 Å². The molecule has 0 saturated heterocycles. The van der Waals surface area contributed by atoms with E-state index in [0.717, 1.165) is 0 Å². The maximum atomic E-state index is 10.5. The Balaban J connectivity index is 2.98. The highest BCUT2D eigenvalue weighted by molar-refractivity contribution is 7.82. The van der Waals surface area contributed by atoms with E-state index in [1.54, 1.807) is 24.3 Å². The summed E-state index contributed by atoms with van der Waals surface area (Å²) in [4.78, 5) is 0.664. The highest BCUT2D eigenvalue weighted by Crippen LogP contribution is 1.99. The van der Waals surface area contributed by atoms with Gasteiger partial charge in [-0.1, -0.05) is 18.2 Å². The van der Waals surface area contributed by atoms with Crippen molar-refractivity contribution >= 4 is 11.0 Å². The van der Waals surface area contributed by atoms with Crippen molar-refractivity contribution in [2.24, 2.45) is 5.14 Å². The third kappa shape index (κ3) is 1.62. The van der Waals surface area contributed by atoms with Crippen molar-refractivity contribution < 1.29 is 4.21 Å². The summed E-state index contributed by atoms with van der Waals surface area (Å²) in [7, 11) is -1.33. The number of rotatable bonds is 1. The molecule has 0 aliphatic heterocycles. The molecule has 0 amide bonds. The molecule has 0 aromatic heterocycles. The molecule has 2 nitrogen and oxygen atoms in total. The molecule has 1 aromatic carbocycles. The van der Waals surface area contributed by atoms with Gasteiger partial charge in [0, 0.05) is 0 Å². The molecule has 0 radical (unpaired) electrons. The van der Waals surface area contributed by atoms with E-state index in [9.17, 15) is 4.21 Å². The van der Waals surface area contributed by atoms with Crippen molar-refractivity contribution in [3.05, 3.63) is 30.3 Å². The van der Waals surface area contributed by atoms with Gasteiger partial charge in [-0.25, -0.2) is 9.35 Å². The lowest BCUT2D eigenvalue weighted by atomic mass is 10.4. The molecule has 1 aromatic rings. The van der Waals surface area contributed by atoms with Crippen LogP contribution in [0.2, 0.25) is 0 Å². The van der Waals surface area contributed by atoms with Gasteiger partial charge in [0.25, 0.3) is 0 Å². The second-order valence-corrected chi connectivity index (χ2v) is 2.68. The summed E-state index contributed by atoms with van der Waals surface area (Å²) in [5.74, 6) is 0. The van der Waals surface area contributed by atoms with Gasteiger partial charge in [0.15, 0.2) is 0 Å². The van der Waals surface area contributed by atoms with Crippen LogP contribution in [0.25, 0.3) is 0 Å². The molecule has 48 valence electrons. The monoisotopic (exact) mass is 141 g/mol. The standard InChI is InChI=1S/C6H7NOS/c7-9(8)6-4-2-1-3-5-6/h1-5H,7H2. The van der Waals surface area contributed by atoms with Gasteiger partial charge in [-0.15, -0.1) is 0 Å². The second kappa shape index (κ2) is 2.75. The average Bonchev–Trinajstić information content (AvgIpc) is 1.90. The Morgan fingerprint density at radius 1 is 1.22 bits per heavy atom. The molecule has 1 unspecified atom stereocenters. The predicted octanol–water partition coefficient (Wildman–Crippen LogP) is 0.668. The Labute approximate surface area is 56.3 Å². The van der Waals surface area contributed by atoms with E-state index < -0.39 is 11.0 Å². The SMILES string of the molecule is NS(=O)c1ccccc1. The van der Waals surface area contributed by atoms with Crippen molar-refractivity contribution in [3.63, 3.8) is 0 Å². The molecular weight excluding hydrogens is 134 g/mol. The molecule has 0 heterocycles. The Bertz CT molecular complexity index is 210. The van der Waals surface area contributed by atoms with Gasteiger partial charge in [-0.3, -0.25) is 0 Å². The Morgan fingerprint density at radius 3 is 2.11 bits per heavy atom. The molecular formula is C6H7NOS. The lowest BCUT2D eigenvalue weighted by Gasteiger charge is -1.90. The fraction of sp³-hybridized carbons (Fsp3) is 0. The van der Waals surface area contributed by atoms with Crippen LogP contribution in [0.3, 0.4) is 0 Å². The largest absolute Gasteiger partial charge is 0.248 e. The molecule has 2 N–H and O–H groups in total. The van der Waals surface area contributed by atoms with Crippen molar-refractivity contribution in [1.82, 2.24) is 0 Å². The first kappa shape index (κ1) is 6.45. The fourth-order valence-corrected chi connectivity index (χ4v) is 0.980. The Morgan fingerprint density at radius 2 is 1.78 bits per heavy atom. The number of nitrogens with two attached hydrogens (primary N) is 1. The van der Waals surface area contributed by atoms with Crippen LogP contribution in [0, 0.1) is 0 Å². The van der Waals surface area contributed by atoms with E-state index in [1.165, 1.54) is 0 Å². The molecule has 0 bridgehead atoms. The summed E-state index contributed by atoms with van der Waals surface area (Å²) < 4.78 is 10.5. The summed E-state index contributed by atoms with van der Waals surface area (Å²) in [5.41, 5.74) is 0. The highest BCUT2D eigenvalue weighted by Gasteiger charge is 1.91. The van der Waals surface area contributed by atoms with Gasteiger partial charge in [0.1, 0.15) is 11.0 Å². The topological polar surface area (TPSA) is 43.1 Å². The van der Waals surface area contributed by atoms with E-state index >= 15 is 0 Å². The van der Waals surface area contributed by atoms with Crippen LogP contribution in [0.4, 0.5) is 0 Å². The molecule has 3 heteroatoms. The van der Waals surface area contributed by atoms with Crippen molar-refractivity contribution in [2.45, 2.75) is 4.90 Å². The van der Waals surface area contributed by atoms with Gasteiger partial charge in [0.2, 0.25) is 0 Å². The van der Waals surface area contributed by atoms with Crippen LogP contribution in [0.5, 0.6) is 0 Å². The van der Waals surface area contributed by atoms with Gasteiger partial charge in [0.05, 0.1) is 4.90 Å². The predicted molar refractivity (Wildman–Crippen MR) is 37.0 cm³/mol. The quantitative estimate of drug-likeness (QED) is 0.613. The number of hydrogen-bond donors (Lipinski definition) is 1. The Hall–Kier alpha value is -0.670. The van der Waals surface area contributed by atoms with E-state index in [2.05, 4.69) is 0 Å². The maximum Gasteiger partial charge on any atom is 0.122 e. The van der Waals surface area contributed by atoms with E-state index in [4.69, 9.17) is 5.14 Å². The first-order valence-electron chi connectivity index (χ1n) is 2.52. The molecule has 9 heavy (non-hydrogen) atoms. The molecule has 0 spiro atoms. The summed E-state index contributed by atoms with van der Waals surface area (Å²) in [5, 5.41) is 5.09. The third-order valence-corrected chi connectivity index (χ3v) is 1.71. The maximum absolute atomic E-state index is 10.5. The fourth-order valence-electron chi connectivity index (χ4n) is 0.555. The first-order chi connectivity index (χ1) is 4.30. The van der Waals surface area contributed by atoms with Crippen LogP contribution in [0.1, 0.15) is 0 Å². The number of hydrogen-bond acceptors (Lipinski definition) is 1. The zero-order valence-corrected chi connectivity index (χ0v) is 5.60. The van der Waals surface area contributed by atoms with Gasteiger partial charge in [-0.2, -0.15) is 0 Å². The molecule has 1 atom stereocenters. The average molecular weight is 141 g/mol. The highest BCUT2D eigenvalue weighted by atomic mass is 32.2. The molecule has 0 aliphatic rings. The van der Waals surface area contributed by atoms with E-state index in [1.807, 2.05) is 6.07 Å². The minimum absolute atomic E-state index is 0.664. The molecule has 0 aliphatic carbocycles. The second-order valence-electron chi connectivity index (χ2n) is 1.61. The van der Waals surface area contributed by atoms with Crippen LogP contribution < -0.4 is 5.14 Å². The van der Waals surface area contributed by atoms with Crippen LogP contribution in [-0.4, -0.2) is 4.21 Å². The van der Waals surface area contributed by atoms with E-state index in [0.29, 0.717) is 4.90 Å². The molecule has 0 fully saturated rings. The minimum Gasteiger partial charge on any atom is -0.248 e. The van der Waals surface area contributed by atoms with Crippen molar-refractivity contribution in [3.8, 4) is 0 Å². The number of benzene rings is 1. The van der Waals surface area contributed by atoms with Crippen LogP contribution in [-0.2, 0) is 11.0 Å². The molecule has 0 saturated carbocycles. The van der Waals surface area contributed by atoms with Crippen molar-refractivity contribution in [1.29, 1.82) is 0 Å². The Kier molecular flexibility index (Phi) is 1.97. The smallest absolute Gasteiger partial charge is 0.122 e. The van der Waals surface area contributed by atoms with Crippen LogP contribution >= 0.6 is 0 Å². The molecule has 1 rings (SSSR count). The summed E-state index contributed by atoms with van der Waals surface area (Å²) in [6.45, 7) is 0. The first-order valence-corrected chi connectivity index (χ1v) is 3.73. The third-order valence-electron chi connectivity index (χ3n) is 0.976. The van der Waals surface area contributed by atoms with E-state index in [-0.39, 0.29) is 0 Å².